The Balaban J connectivity index is 1.46. The lowest BCUT2D eigenvalue weighted by Crippen LogP contribution is -2.46. The highest BCUT2D eigenvalue weighted by Gasteiger charge is 2.24. The molecule has 2 aromatic rings. The van der Waals surface area contributed by atoms with E-state index >= 15 is 0 Å². The summed E-state index contributed by atoms with van der Waals surface area (Å²) >= 11 is 0. The Morgan fingerprint density at radius 1 is 0.892 bits per heavy atom. The number of nitrogens with one attached hydrogen (secondary N) is 2. The number of hydrogen-bond acceptors (Lipinski definition) is 7. The zero-order valence-electron chi connectivity index (χ0n) is 21.5. The molecule has 2 aliphatic heterocycles. The van der Waals surface area contributed by atoms with Gasteiger partial charge in [-0.1, -0.05) is 12.1 Å². The fourth-order valence-corrected chi connectivity index (χ4v) is 4.69. The molecule has 0 spiro atoms. The maximum absolute atomic E-state index is 13.0. The second-order valence-corrected chi connectivity index (χ2v) is 9.14. The number of carbonyl (C=O) groups is 3. The lowest BCUT2D eigenvalue weighted by Gasteiger charge is -2.29. The number of hydrogen-bond donors (Lipinski definition) is 2. The van der Waals surface area contributed by atoms with E-state index in [0.717, 1.165) is 36.5 Å². The molecule has 2 fully saturated rings. The Morgan fingerprint density at radius 2 is 1.65 bits per heavy atom. The fraction of sp³-hybridized carbons (Fsp3) is 0.444. The summed E-state index contributed by atoms with van der Waals surface area (Å²) in [5.74, 6) is 0.780. The Bertz CT molecular complexity index is 1100. The van der Waals surface area contributed by atoms with Crippen molar-refractivity contribution in [2.45, 2.75) is 12.8 Å². The summed E-state index contributed by atoms with van der Waals surface area (Å²) in [7, 11) is 2.93. The second kappa shape index (κ2) is 12.4. The van der Waals surface area contributed by atoms with Crippen LogP contribution >= 0.6 is 0 Å². The van der Waals surface area contributed by atoms with Crippen LogP contribution < -0.4 is 20.3 Å². The van der Waals surface area contributed by atoms with Gasteiger partial charge in [0, 0.05) is 57.9 Å². The van der Waals surface area contributed by atoms with Crippen LogP contribution in [0.3, 0.4) is 0 Å². The number of piperazine rings is 1. The molecule has 0 saturated carbocycles. The van der Waals surface area contributed by atoms with Crippen LogP contribution in [0, 0.1) is 0 Å². The van der Waals surface area contributed by atoms with Crippen molar-refractivity contribution in [1.29, 1.82) is 0 Å². The highest BCUT2D eigenvalue weighted by Crippen LogP contribution is 2.29. The Morgan fingerprint density at radius 3 is 2.35 bits per heavy atom. The average Bonchev–Trinajstić information content (AvgIpc) is 3.20. The van der Waals surface area contributed by atoms with Crippen LogP contribution in [0.15, 0.2) is 42.5 Å². The summed E-state index contributed by atoms with van der Waals surface area (Å²) in [5.41, 5.74) is 2.78. The number of benzene rings is 2. The van der Waals surface area contributed by atoms with Gasteiger partial charge in [-0.2, -0.15) is 0 Å². The van der Waals surface area contributed by atoms with Crippen molar-refractivity contribution in [2.75, 3.05) is 76.8 Å². The SMILES string of the molecule is COC(=O)Nc1cc(C(=O)N2CCNCC2)ccc1N1CCCN(C(=O)Cc2ccc(OC)cc2)CC1. The molecule has 4 rings (SSSR count). The average molecular weight is 510 g/mol. The molecule has 10 heteroatoms. The normalized spacial score (nSPS) is 16.1. The van der Waals surface area contributed by atoms with E-state index in [-0.39, 0.29) is 11.8 Å². The van der Waals surface area contributed by atoms with Crippen molar-refractivity contribution in [1.82, 2.24) is 15.1 Å². The predicted octanol–water partition coefficient (Wildman–Crippen LogP) is 2.20. The third kappa shape index (κ3) is 6.71. The molecule has 2 N–H and O–H groups in total. The molecule has 0 aromatic heterocycles. The summed E-state index contributed by atoms with van der Waals surface area (Å²) in [4.78, 5) is 44.0. The molecular formula is C27H35N5O5. The van der Waals surface area contributed by atoms with Gasteiger partial charge in [0.15, 0.2) is 0 Å². The van der Waals surface area contributed by atoms with E-state index < -0.39 is 6.09 Å². The highest BCUT2D eigenvalue weighted by molar-refractivity contribution is 5.98. The van der Waals surface area contributed by atoms with Gasteiger partial charge in [-0.15, -0.1) is 0 Å². The summed E-state index contributed by atoms with van der Waals surface area (Å²) in [6.45, 7) is 5.36. The molecule has 0 radical (unpaired) electrons. The van der Waals surface area contributed by atoms with Gasteiger partial charge >= 0.3 is 6.09 Å². The standard InChI is InChI=1S/C27H35N5O5/c1-36-22-7-4-20(5-8-22)18-25(33)31-13-3-12-30(16-17-31)24-9-6-21(19-23(24)29-27(35)37-2)26(34)32-14-10-28-11-15-32/h4-9,19,28H,3,10-18H2,1-2H3,(H,29,35). The summed E-state index contributed by atoms with van der Waals surface area (Å²) < 4.78 is 10.0. The molecule has 2 heterocycles. The fourth-order valence-electron chi connectivity index (χ4n) is 4.69. The van der Waals surface area contributed by atoms with Crippen molar-refractivity contribution in [2.24, 2.45) is 0 Å². The Kier molecular flexibility index (Phi) is 8.84. The zero-order chi connectivity index (χ0) is 26.2. The number of anilines is 2. The number of ether oxygens (including phenoxy) is 2. The van der Waals surface area contributed by atoms with Crippen LogP contribution in [-0.4, -0.2) is 94.3 Å². The molecular weight excluding hydrogens is 474 g/mol. The van der Waals surface area contributed by atoms with Crippen molar-refractivity contribution in [3.8, 4) is 5.75 Å². The lowest BCUT2D eigenvalue weighted by atomic mass is 10.1. The van der Waals surface area contributed by atoms with Crippen LogP contribution in [0.1, 0.15) is 22.3 Å². The molecule has 0 aliphatic carbocycles. The van der Waals surface area contributed by atoms with Crippen LogP contribution in [0.25, 0.3) is 0 Å². The van der Waals surface area contributed by atoms with E-state index in [1.807, 2.05) is 40.1 Å². The van der Waals surface area contributed by atoms with E-state index in [0.29, 0.717) is 56.9 Å². The van der Waals surface area contributed by atoms with Gasteiger partial charge in [-0.3, -0.25) is 14.9 Å². The quantitative estimate of drug-likeness (QED) is 0.615. The summed E-state index contributed by atoms with van der Waals surface area (Å²) in [6, 6.07) is 12.9. The highest BCUT2D eigenvalue weighted by atomic mass is 16.5. The maximum Gasteiger partial charge on any atom is 0.411 e. The topological polar surface area (TPSA) is 103 Å². The molecule has 2 aromatic carbocycles. The van der Waals surface area contributed by atoms with E-state index in [2.05, 4.69) is 15.5 Å². The Labute approximate surface area is 217 Å². The Hall–Kier alpha value is -3.79. The molecule has 0 atom stereocenters. The van der Waals surface area contributed by atoms with Crippen LogP contribution in [-0.2, 0) is 16.0 Å². The molecule has 198 valence electrons. The van der Waals surface area contributed by atoms with E-state index in [9.17, 15) is 14.4 Å². The molecule has 37 heavy (non-hydrogen) atoms. The third-order valence-corrected chi connectivity index (χ3v) is 6.77. The van der Waals surface area contributed by atoms with E-state index in [1.165, 1.54) is 7.11 Å². The maximum atomic E-state index is 13.0. The zero-order valence-corrected chi connectivity index (χ0v) is 21.5. The second-order valence-electron chi connectivity index (χ2n) is 9.14. The molecule has 0 unspecified atom stereocenters. The summed E-state index contributed by atoms with van der Waals surface area (Å²) in [6.07, 6.45) is 0.522. The summed E-state index contributed by atoms with van der Waals surface area (Å²) in [5, 5.41) is 6.02. The van der Waals surface area contributed by atoms with Crippen molar-refractivity contribution >= 4 is 29.3 Å². The van der Waals surface area contributed by atoms with Crippen molar-refractivity contribution in [3.63, 3.8) is 0 Å². The van der Waals surface area contributed by atoms with Gasteiger partial charge in [0.1, 0.15) is 5.75 Å². The van der Waals surface area contributed by atoms with Crippen molar-refractivity contribution in [3.05, 3.63) is 53.6 Å². The first-order chi connectivity index (χ1) is 18.0. The number of carbonyl (C=O) groups excluding carboxylic acids is 3. The first kappa shape index (κ1) is 26.3. The van der Waals surface area contributed by atoms with Crippen molar-refractivity contribution < 1.29 is 23.9 Å². The van der Waals surface area contributed by atoms with Gasteiger partial charge < -0.3 is 29.5 Å². The first-order valence-corrected chi connectivity index (χ1v) is 12.6. The minimum atomic E-state index is -0.598. The predicted molar refractivity (Wildman–Crippen MR) is 141 cm³/mol. The van der Waals surface area contributed by atoms with Gasteiger partial charge in [0.25, 0.3) is 5.91 Å². The third-order valence-electron chi connectivity index (χ3n) is 6.77. The molecule has 0 bridgehead atoms. The number of rotatable bonds is 6. The van der Waals surface area contributed by atoms with Gasteiger partial charge in [0.2, 0.25) is 5.91 Å². The molecule has 2 aliphatic rings. The van der Waals surface area contributed by atoms with E-state index in [1.54, 1.807) is 19.2 Å². The number of nitrogens with zero attached hydrogens (tertiary/aromatic N) is 3. The van der Waals surface area contributed by atoms with Gasteiger partial charge in [0.05, 0.1) is 32.0 Å². The van der Waals surface area contributed by atoms with Crippen LogP contribution in [0.4, 0.5) is 16.2 Å². The smallest absolute Gasteiger partial charge is 0.411 e. The largest absolute Gasteiger partial charge is 0.497 e. The first-order valence-electron chi connectivity index (χ1n) is 12.6. The monoisotopic (exact) mass is 509 g/mol. The lowest BCUT2D eigenvalue weighted by molar-refractivity contribution is -0.130. The minimum Gasteiger partial charge on any atom is -0.497 e. The van der Waals surface area contributed by atoms with Crippen LogP contribution in [0.2, 0.25) is 0 Å². The van der Waals surface area contributed by atoms with Gasteiger partial charge in [-0.25, -0.2) is 4.79 Å². The van der Waals surface area contributed by atoms with Gasteiger partial charge in [-0.05, 0) is 42.3 Å². The molecule has 10 nitrogen and oxygen atoms in total. The van der Waals surface area contributed by atoms with E-state index in [4.69, 9.17) is 9.47 Å². The molecule has 3 amide bonds. The minimum absolute atomic E-state index is 0.0628. The number of amides is 3. The van der Waals surface area contributed by atoms with Crippen LogP contribution in [0.5, 0.6) is 5.75 Å². The molecule has 2 saturated heterocycles. The number of methoxy groups -OCH3 is 2.